The zero-order valence-corrected chi connectivity index (χ0v) is 10.2. The van der Waals surface area contributed by atoms with Crippen molar-refractivity contribution in [3.05, 3.63) is 23.1 Å². The van der Waals surface area contributed by atoms with Crippen LogP contribution in [-0.2, 0) is 12.5 Å². The molecule has 0 spiro atoms. The lowest BCUT2D eigenvalue weighted by Gasteiger charge is -2.19. The molecule has 0 aromatic carbocycles. The summed E-state index contributed by atoms with van der Waals surface area (Å²) >= 11 is 5.71. The van der Waals surface area contributed by atoms with E-state index in [4.69, 9.17) is 11.6 Å². The van der Waals surface area contributed by atoms with E-state index in [0.29, 0.717) is 11.2 Å². The Labute approximate surface area is 106 Å². The van der Waals surface area contributed by atoms with Crippen LogP contribution in [0.25, 0.3) is 11.2 Å². The largest absolute Gasteiger partial charge is 0.399 e. The van der Waals surface area contributed by atoms with E-state index in [1.54, 1.807) is 7.05 Å². The molecule has 0 amide bonds. The average molecular weight is 276 g/mol. The van der Waals surface area contributed by atoms with Gasteiger partial charge in [0, 0.05) is 12.7 Å². The maximum atomic E-state index is 13.1. The van der Waals surface area contributed by atoms with Crippen molar-refractivity contribution in [2.75, 3.05) is 0 Å². The Morgan fingerprint density at radius 3 is 2.61 bits per heavy atom. The standard InChI is InChI=1S/C11H9ClF3N3/c1-18-7(10(2-3-10)11(13,14)15)4-6-9(18)17-8(12)5-16-6/h4-5H,2-3H2,1H3. The quantitative estimate of drug-likeness (QED) is 0.800. The minimum absolute atomic E-state index is 0.119. The molecule has 7 heteroatoms. The highest BCUT2D eigenvalue weighted by Gasteiger charge is 2.65. The molecule has 2 aromatic rings. The Morgan fingerprint density at radius 2 is 2.06 bits per heavy atom. The Hall–Kier alpha value is -1.30. The molecule has 1 fully saturated rings. The van der Waals surface area contributed by atoms with E-state index >= 15 is 0 Å². The molecule has 96 valence electrons. The summed E-state index contributed by atoms with van der Waals surface area (Å²) < 4.78 is 40.7. The van der Waals surface area contributed by atoms with Crippen LogP contribution >= 0.6 is 11.6 Å². The fourth-order valence-electron chi connectivity index (χ4n) is 2.33. The smallest absolute Gasteiger partial charge is 0.330 e. The zero-order chi connectivity index (χ0) is 13.1. The van der Waals surface area contributed by atoms with E-state index in [-0.39, 0.29) is 23.7 Å². The zero-order valence-electron chi connectivity index (χ0n) is 9.42. The number of fused-ring (bicyclic) bond motifs is 1. The number of hydrogen-bond acceptors (Lipinski definition) is 2. The second-order valence-electron chi connectivity index (χ2n) is 4.57. The fraction of sp³-hybridized carbons (Fsp3) is 0.455. The molecule has 1 aliphatic rings. The van der Waals surface area contributed by atoms with Gasteiger partial charge in [-0.05, 0) is 18.9 Å². The van der Waals surface area contributed by atoms with Gasteiger partial charge in [0.05, 0.1) is 6.20 Å². The van der Waals surface area contributed by atoms with Crippen LogP contribution in [-0.4, -0.2) is 20.7 Å². The van der Waals surface area contributed by atoms with Crippen molar-refractivity contribution >= 4 is 22.8 Å². The van der Waals surface area contributed by atoms with Crippen LogP contribution in [0.2, 0.25) is 5.15 Å². The molecule has 0 unspecified atom stereocenters. The van der Waals surface area contributed by atoms with Gasteiger partial charge in [-0.3, -0.25) is 0 Å². The van der Waals surface area contributed by atoms with Gasteiger partial charge in [0.1, 0.15) is 16.1 Å². The van der Waals surface area contributed by atoms with Gasteiger partial charge in [-0.2, -0.15) is 13.2 Å². The molecule has 0 radical (unpaired) electrons. The van der Waals surface area contributed by atoms with E-state index in [2.05, 4.69) is 9.97 Å². The van der Waals surface area contributed by atoms with Crippen molar-refractivity contribution in [3.63, 3.8) is 0 Å². The summed E-state index contributed by atoms with van der Waals surface area (Å²) in [5, 5.41) is 0.173. The molecule has 1 aliphatic carbocycles. The van der Waals surface area contributed by atoms with Crippen molar-refractivity contribution in [2.45, 2.75) is 24.4 Å². The molecule has 3 rings (SSSR count). The molecule has 2 aromatic heterocycles. The number of hydrogen-bond donors (Lipinski definition) is 0. The summed E-state index contributed by atoms with van der Waals surface area (Å²) in [7, 11) is 1.56. The summed E-state index contributed by atoms with van der Waals surface area (Å²) in [5.74, 6) is 0. The van der Waals surface area contributed by atoms with Gasteiger partial charge < -0.3 is 4.57 Å². The van der Waals surface area contributed by atoms with E-state index in [1.165, 1.54) is 16.8 Å². The summed E-state index contributed by atoms with van der Waals surface area (Å²) in [6.07, 6.45) is -2.66. The van der Waals surface area contributed by atoms with Crippen LogP contribution in [0.4, 0.5) is 13.2 Å². The first-order chi connectivity index (χ1) is 8.35. The normalized spacial score (nSPS) is 18.3. The molecule has 0 N–H and O–H groups in total. The lowest BCUT2D eigenvalue weighted by Crippen LogP contribution is -2.30. The van der Waals surface area contributed by atoms with Gasteiger partial charge in [0.15, 0.2) is 5.65 Å². The van der Waals surface area contributed by atoms with Crippen molar-refractivity contribution < 1.29 is 13.2 Å². The highest BCUT2D eigenvalue weighted by molar-refractivity contribution is 6.29. The number of rotatable bonds is 1. The Morgan fingerprint density at radius 1 is 1.39 bits per heavy atom. The molecule has 0 atom stereocenters. The maximum Gasteiger partial charge on any atom is 0.399 e. The Bertz CT molecular complexity index is 628. The minimum atomic E-state index is -4.24. The molecule has 0 aliphatic heterocycles. The molecule has 2 heterocycles. The first-order valence-electron chi connectivity index (χ1n) is 5.40. The first kappa shape index (κ1) is 11.8. The molecule has 3 nitrogen and oxygen atoms in total. The van der Waals surface area contributed by atoms with E-state index in [0.717, 1.165) is 0 Å². The van der Waals surface area contributed by atoms with Gasteiger partial charge in [-0.1, -0.05) is 11.6 Å². The number of halogens is 4. The second-order valence-corrected chi connectivity index (χ2v) is 4.96. The van der Waals surface area contributed by atoms with Gasteiger partial charge in [-0.25, -0.2) is 9.97 Å². The predicted octanol–water partition coefficient (Wildman–Crippen LogP) is 3.22. The van der Waals surface area contributed by atoms with Crippen molar-refractivity contribution in [1.82, 2.24) is 14.5 Å². The molecule has 0 bridgehead atoms. The van der Waals surface area contributed by atoms with E-state index < -0.39 is 11.6 Å². The third-order valence-corrected chi connectivity index (χ3v) is 3.67. The average Bonchev–Trinajstić information content (AvgIpc) is 3.02. The molecule has 1 saturated carbocycles. The van der Waals surface area contributed by atoms with Gasteiger partial charge in [-0.15, -0.1) is 0 Å². The topological polar surface area (TPSA) is 30.7 Å². The number of alkyl halides is 3. The van der Waals surface area contributed by atoms with Crippen LogP contribution < -0.4 is 0 Å². The van der Waals surface area contributed by atoms with E-state index in [1.807, 2.05) is 0 Å². The molecule has 18 heavy (non-hydrogen) atoms. The highest BCUT2D eigenvalue weighted by Crippen LogP contribution is 2.59. The molecule has 0 saturated heterocycles. The fourth-order valence-corrected chi connectivity index (χ4v) is 2.45. The number of nitrogens with zero attached hydrogens (tertiary/aromatic N) is 3. The number of aryl methyl sites for hydroxylation is 1. The summed E-state index contributed by atoms with van der Waals surface area (Å²) in [6, 6.07) is 1.46. The molecular weight excluding hydrogens is 267 g/mol. The monoisotopic (exact) mass is 275 g/mol. The van der Waals surface area contributed by atoms with Crippen molar-refractivity contribution in [2.24, 2.45) is 7.05 Å². The Kier molecular flexibility index (Phi) is 2.21. The van der Waals surface area contributed by atoms with Crippen LogP contribution in [0, 0.1) is 0 Å². The molecular formula is C11H9ClF3N3. The second kappa shape index (κ2) is 3.38. The third-order valence-electron chi connectivity index (χ3n) is 3.49. The van der Waals surface area contributed by atoms with E-state index in [9.17, 15) is 13.2 Å². The Balaban J connectivity index is 2.23. The highest BCUT2D eigenvalue weighted by atomic mass is 35.5. The predicted molar refractivity (Wildman–Crippen MR) is 60.5 cm³/mol. The van der Waals surface area contributed by atoms with Crippen molar-refractivity contribution in [3.8, 4) is 0 Å². The van der Waals surface area contributed by atoms with Crippen LogP contribution in [0.1, 0.15) is 18.5 Å². The lowest BCUT2D eigenvalue weighted by atomic mass is 10.0. The summed E-state index contributed by atoms with van der Waals surface area (Å²) in [6.45, 7) is 0. The maximum absolute atomic E-state index is 13.1. The minimum Gasteiger partial charge on any atom is -0.330 e. The third kappa shape index (κ3) is 1.44. The van der Waals surface area contributed by atoms with Gasteiger partial charge in [0.2, 0.25) is 0 Å². The van der Waals surface area contributed by atoms with Gasteiger partial charge >= 0.3 is 6.18 Å². The SMILES string of the molecule is Cn1c(C2(C(F)(F)F)CC2)cc2ncc(Cl)nc21. The van der Waals surface area contributed by atoms with Crippen LogP contribution in [0.15, 0.2) is 12.3 Å². The van der Waals surface area contributed by atoms with Crippen LogP contribution in [0.3, 0.4) is 0 Å². The van der Waals surface area contributed by atoms with Gasteiger partial charge in [0.25, 0.3) is 0 Å². The summed E-state index contributed by atoms with van der Waals surface area (Å²) in [4.78, 5) is 8.02. The lowest BCUT2D eigenvalue weighted by molar-refractivity contribution is -0.162. The number of aromatic nitrogens is 3. The van der Waals surface area contributed by atoms with Crippen LogP contribution in [0.5, 0.6) is 0 Å². The summed E-state index contributed by atoms with van der Waals surface area (Å²) in [5.41, 5.74) is -0.691. The first-order valence-corrected chi connectivity index (χ1v) is 5.78. The van der Waals surface area contributed by atoms with Crippen molar-refractivity contribution in [1.29, 1.82) is 0 Å².